The van der Waals surface area contributed by atoms with E-state index < -0.39 is 5.97 Å². The fourth-order valence-electron chi connectivity index (χ4n) is 1.94. The van der Waals surface area contributed by atoms with Crippen molar-refractivity contribution in [3.8, 4) is 0 Å². The van der Waals surface area contributed by atoms with Crippen LogP contribution in [0, 0.1) is 41.3 Å². The summed E-state index contributed by atoms with van der Waals surface area (Å²) in [7, 11) is 0. The molecule has 0 amide bonds. The van der Waals surface area contributed by atoms with Crippen LogP contribution in [-0.2, 0) is 4.79 Å². The van der Waals surface area contributed by atoms with Crippen molar-refractivity contribution in [2.45, 2.75) is 84.0 Å². The van der Waals surface area contributed by atoms with E-state index in [2.05, 4.69) is 6.92 Å². The second-order valence-electron chi connectivity index (χ2n) is 4.68. The molecule has 0 atom stereocenters. The number of rotatable bonds is 12. The van der Waals surface area contributed by atoms with Gasteiger partial charge in [0.25, 0.3) is 0 Å². The molecule has 3 heteroatoms. The van der Waals surface area contributed by atoms with Gasteiger partial charge in [0.15, 0.2) is 0 Å². The van der Waals surface area contributed by atoms with Crippen LogP contribution in [0.5, 0.6) is 0 Å². The first-order valence-corrected chi connectivity index (χ1v) is 6.99. The zero-order chi connectivity index (χ0) is 12.1. The second-order valence-corrected chi connectivity index (χ2v) is 4.68. The van der Waals surface area contributed by atoms with Crippen molar-refractivity contribution >= 4 is 5.97 Å². The number of aliphatic carboxylic acids is 1. The van der Waals surface area contributed by atoms with E-state index in [-0.39, 0.29) is 41.3 Å². The maximum atomic E-state index is 10.3. The van der Waals surface area contributed by atoms with Crippen molar-refractivity contribution in [3.05, 3.63) is 0 Å². The van der Waals surface area contributed by atoms with E-state index in [4.69, 9.17) is 5.11 Å². The topological polar surface area (TPSA) is 37.3 Å². The molecule has 0 unspecified atom stereocenters. The Morgan fingerprint density at radius 1 is 0.765 bits per heavy atom. The summed E-state index contributed by atoms with van der Waals surface area (Å²) in [5.74, 6) is -0.657. The van der Waals surface area contributed by atoms with Crippen LogP contribution in [0.15, 0.2) is 0 Å². The smallest absolute Gasteiger partial charge is 0.303 e. The molecular weight excluding hydrogens is 341 g/mol. The van der Waals surface area contributed by atoms with Crippen molar-refractivity contribution in [1.29, 1.82) is 0 Å². The minimum Gasteiger partial charge on any atom is -0.481 e. The summed E-state index contributed by atoms with van der Waals surface area (Å²) < 4.78 is 0. The van der Waals surface area contributed by atoms with Gasteiger partial charge in [-0.15, -0.1) is 0 Å². The van der Waals surface area contributed by atoms with Gasteiger partial charge in [0.2, 0.25) is 0 Å². The Kier molecular flexibility index (Phi) is 20.0. The molecule has 0 fully saturated rings. The van der Waals surface area contributed by atoms with E-state index in [1.54, 1.807) is 0 Å². The number of carboxylic acids is 1. The van der Waals surface area contributed by atoms with E-state index in [1.807, 2.05) is 0 Å². The van der Waals surface area contributed by atoms with Crippen LogP contribution in [0.25, 0.3) is 0 Å². The molecule has 0 aromatic rings. The van der Waals surface area contributed by atoms with Gasteiger partial charge in [-0.2, -0.15) is 0 Å². The summed E-state index contributed by atoms with van der Waals surface area (Å²) in [4.78, 5) is 10.3. The van der Waals surface area contributed by atoms with Gasteiger partial charge in [-0.05, 0) is 6.42 Å². The molecule has 0 bridgehead atoms. The fraction of sp³-hybridized carbons (Fsp3) is 0.929. The Bertz CT molecular complexity index is 160. The minimum absolute atomic E-state index is 0. The molecule has 0 rings (SSSR count). The summed E-state index contributed by atoms with van der Waals surface area (Å²) in [6.07, 6.45) is 14.4. The molecule has 0 spiro atoms. The third kappa shape index (κ3) is 19.4. The van der Waals surface area contributed by atoms with E-state index in [9.17, 15) is 4.79 Å². The molecule has 99 valence electrons. The first kappa shape index (κ1) is 20.2. The molecule has 17 heavy (non-hydrogen) atoms. The molecular formula is C14H28O2Pr. The van der Waals surface area contributed by atoms with Crippen LogP contribution in [0.2, 0.25) is 0 Å². The van der Waals surface area contributed by atoms with Crippen LogP contribution in [0.3, 0.4) is 0 Å². The number of unbranched alkanes of at least 4 members (excludes halogenated alkanes) is 10. The third-order valence-corrected chi connectivity index (χ3v) is 2.99. The Labute approximate surface area is 140 Å². The van der Waals surface area contributed by atoms with E-state index >= 15 is 0 Å². The minimum atomic E-state index is -0.657. The Hall–Kier alpha value is 0.834. The predicted molar refractivity (Wildman–Crippen MR) is 68.7 cm³/mol. The van der Waals surface area contributed by atoms with Crippen molar-refractivity contribution in [2.75, 3.05) is 0 Å². The third-order valence-electron chi connectivity index (χ3n) is 2.99. The molecule has 0 saturated heterocycles. The van der Waals surface area contributed by atoms with Gasteiger partial charge in [0.05, 0.1) is 0 Å². The quantitative estimate of drug-likeness (QED) is 0.503. The normalized spacial score (nSPS) is 9.94. The van der Waals surface area contributed by atoms with Crippen LogP contribution in [-0.4, -0.2) is 11.1 Å². The molecule has 0 aromatic heterocycles. The van der Waals surface area contributed by atoms with Crippen LogP contribution in [0.4, 0.5) is 0 Å². The standard InChI is InChI=1S/C14H28O2.Pr/c1-2-3-4-5-6-7-8-9-10-11-12-13-14(15)16;/h2-13H2,1H3,(H,15,16);. The summed E-state index contributed by atoms with van der Waals surface area (Å²) in [5, 5.41) is 8.46. The number of carboxylic acid groups (broad SMARTS) is 1. The van der Waals surface area contributed by atoms with E-state index in [0.29, 0.717) is 6.42 Å². The molecule has 0 aliphatic heterocycles. The summed E-state index contributed by atoms with van der Waals surface area (Å²) in [5.41, 5.74) is 0. The molecule has 0 aromatic carbocycles. The molecule has 1 radical (unpaired) electrons. The number of carbonyl (C=O) groups is 1. The van der Waals surface area contributed by atoms with Crippen LogP contribution < -0.4 is 0 Å². The van der Waals surface area contributed by atoms with Gasteiger partial charge >= 0.3 is 5.97 Å². The van der Waals surface area contributed by atoms with Gasteiger partial charge in [0, 0.05) is 47.7 Å². The molecule has 2 nitrogen and oxygen atoms in total. The molecule has 0 saturated carbocycles. The average Bonchev–Trinajstić information content (AvgIpc) is 2.25. The zero-order valence-corrected chi connectivity index (χ0v) is 15.1. The Morgan fingerprint density at radius 3 is 1.47 bits per heavy atom. The SMILES string of the molecule is CCCCCCCCCCCCCC(=O)O.[Pr]. The summed E-state index contributed by atoms with van der Waals surface area (Å²) in [6.45, 7) is 2.25. The number of hydrogen-bond donors (Lipinski definition) is 1. The van der Waals surface area contributed by atoms with Crippen LogP contribution in [0.1, 0.15) is 84.0 Å². The molecule has 0 aliphatic carbocycles. The van der Waals surface area contributed by atoms with Crippen molar-refractivity contribution in [1.82, 2.24) is 0 Å². The van der Waals surface area contributed by atoms with Crippen molar-refractivity contribution in [2.24, 2.45) is 0 Å². The molecule has 1 N–H and O–H groups in total. The zero-order valence-electron chi connectivity index (χ0n) is 11.4. The van der Waals surface area contributed by atoms with E-state index in [0.717, 1.165) is 12.8 Å². The van der Waals surface area contributed by atoms with Crippen molar-refractivity contribution in [3.63, 3.8) is 0 Å². The van der Waals surface area contributed by atoms with Gasteiger partial charge in [0.1, 0.15) is 0 Å². The Morgan fingerprint density at radius 2 is 1.12 bits per heavy atom. The predicted octanol–water partition coefficient (Wildman–Crippen LogP) is 4.77. The average molecular weight is 369 g/mol. The first-order chi connectivity index (χ1) is 7.77. The fourth-order valence-corrected chi connectivity index (χ4v) is 1.94. The van der Waals surface area contributed by atoms with Crippen LogP contribution >= 0.6 is 0 Å². The van der Waals surface area contributed by atoms with Crippen molar-refractivity contribution < 1.29 is 51.2 Å². The Balaban J connectivity index is 0. The molecule has 0 heterocycles. The van der Waals surface area contributed by atoms with Gasteiger partial charge < -0.3 is 5.11 Å². The monoisotopic (exact) mass is 369 g/mol. The second kappa shape index (κ2) is 16.8. The summed E-state index contributed by atoms with van der Waals surface area (Å²) >= 11 is 0. The summed E-state index contributed by atoms with van der Waals surface area (Å²) in [6, 6.07) is 0. The number of hydrogen-bond acceptors (Lipinski definition) is 1. The van der Waals surface area contributed by atoms with Gasteiger partial charge in [-0.1, -0.05) is 71.1 Å². The maximum absolute atomic E-state index is 10.3. The maximum Gasteiger partial charge on any atom is 0.303 e. The first-order valence-electron chi connectivity index (χ1n) is 6.99. The largest absolute Gasteiger partial charge is 0.481 e. The van der Waals surface area contributed by atoms with E-state index in [1.165, 1.54) is 57.8 Å². The van der Waals surface area contributed by atoms with Gasteiger partial charge in [-0.25, -0.2) is 0 Å². The molecule has 0 aliphatic rings. The van der Waals surface area contributed by atoms with Gasteiger partial charge in [-0.3, -0.25) is 4.79 Å².